The monoisotopic (exact) mass is 412 g/mol. The Morgan fingerprint density at radius 3 is 2.52 bits per heavy atom. The van der Waals surface area contributed by atoms with Crippen molar-refractivity contribution < 1.29 is 4.79 Å². The predicted octanol–water partition coefficient (Wildman–Crippen LogP) is 3.44. The van der Waals surface area contributed by atoms with Gasteiger partial charge < -0.3 is 10.2 Å². The molecule has 0 aliphatic carbocycles. The number of fused-ring (bicyclic) bond motifs is 1. The molecule has 1 N–H and O–H groups in total. The van der Waals surface area contributed by atoms with Crippen molar-refractivity contribution in [1.29, 1.82) is 0 Å². The van der Waals surface area contributed by atoms with Crippen LogP contribution < -0.4 is 5.32 Å². The molecule has 1 amide bonds. The Kier molecular flexibility index (Phi) is 5.31. The number of rotatable bonds is 7. The summed E-state index contributed by atoms with van der Waals surface area (Å²) in [4.78, 5) is 14.8. The predicted molar refractivity (Wildman–Crippen MR) is 120 cm³/mol. The van der Waals surface area contributed by atoms with Gasteiger partial charge >= 0.3 is 0 Å². The Bertz CT molecular complexity index is 1170. The molecule has 0 radical (unpaired) electrons. The van der Waals surface area contributed by atoms with Gasteiger partial charge in [-0.2, -0.15) is 4.52 Å². The number of aryl methyl sites for hydroxylation is 1. The third kappa shape index (κ3) is 4.12. The highest BCUT2D eigenvalue weighted by Crippen LogP contribution is 2.20. The molecule has 1 atom stereocenters. The van der Waals surface area contributed by atoms with Crippen LogP contribution in [0.1, 0.15) is 18.4 Å². The first-order valence-electron chi connectivity index (χ1n) is 10.6. The number of hydrogen-bond acceptors (Lipinski definition) is 5. The van der Waals surface area contributed by atoms with E-state index in [4.69, 9.17) is 0 Å². The Balaban J connectivity index is 1.24. The first-order valence-corrected chi connectivity index (χ1v) is 10.6. The molecule has 0 spiro atoms. The fraction of sp³-hybridized carbons (Fsp3) is 0.250. The van der Waals surface area contributed by atoms with Gasteiger partial charge in [0.05, 0.1) is 0 Å². The van der Waals surface area contributed by atoms with Gasteiger partial charge in [-0.25, -0.2) is 0 Å². The van der Waals surface area contributed by atoms with Crippen LogP contribution in [0.2, 0.25) is 0 Å². The Morgan fingerprint density at radius 1 is 0.935 bits per heavy atom. The fourth-order valence-electron chi connectivity index (χ4n) is 4.03. The number of aromatic nitrogens is 4. The van der Waals surface area contributed by atoms with Crippen molar-refractivity contribution in [3.63, 3.8) is 0 Å². The van der Waals surface area contributed by atoms with Gasteiger partial charge in [-0.05, 0) is 37.0 Å². The minimum Gasteiger partial charge on any atom is -0.357 e. The number of amides is 1. The van der Waals surface area contributed by atoms with E-state index in [1.807, 2.05) is 53.4 Å². The van der Waals surface area contributed by atoms with Gasteiger partial charge in [0.25, 0.3) is 0 Å². The van der Waals surface area contributed by atoms with Crippen molar-refractivity contribution in [1.82, 2.24) is 24.7 Å². The molecule has 0 saturated carbocycles. The minimum absolute atomic E-state index is 0.141. The van der Waals surface area contributed by atoms with Crippen LogP contribution in [0, 0.1) is 0 Å². The van der Waals surface area contributed by atoms with E-state index < -0.39 is 0 Å². The number of nitrogens with zero attached hydrogens (tertiary/aromatic N) is 5. The van der Waals surface area contributed by atoms with E-state index in [0.717, 1.165) is 37.9 Å². The van der Waals surface area contributed by atoms with E-state index in [2.05, 4.69) is 44.9 Å². The maximum Gasteiger partial charge on any atom is 0.245 e. The third-order valence-electron chi connectivity index (χ3n) is 5.65. The standard InChI is InChI=1S/C24H24N6O/c31-24-20(15-17-29(24)16-7-10-18-8-3-1-4-9-18)25-21-13-14-22-26-27-23(30(22)28-21)19-11-5-2-6-12-19/h1-6,8-9,11-14,20H,7,10,15-17H2,(H,25,28). The van der Waals surface area contributed by atoms with Crippen LogP contribution >= 0.6 is 0 Å². The minimum atomic E-state index is -0.252. The molecule has 1 aliphatic rings. The van der Waals surface area contributed by atoms with Gasteiger partial charge in [-0.1, -0.05) is 60.7 Å². The van der Waals surface area contributed by atoms with Gasteiger partial charge in [0.15, 0.2) is 11.5 Å². The molecule has 7 nitrogen and oxygen atoms in total. The van der Waals surface area contributed by atoms with Gasteiger partial charge in [-0.3, -0.25) is 4.79 Å². The largest absolute Gasteiger partial charge is 0.357 e. The Labute approximate surface area is 180 Å². The van der Waals surface area contributed by atoms with E-state index in [-0.39, 0.29) is 11.9 Å². The summed E-state index contributed by atoms with van der Waals surface area (Å²) in [6.45, 7) is 1.55. The summed E-state index contributed by atoms with van der Waals surface area (Å²) in [6.07, 6.45) is 2.72. The van der Waals surface area contributed by atoms with Crippen molar-refractivity contribution in [2.45, 2.75) is 25.3 Å². The van der Waals surface area contributed by atoms with Crippen molar-refractivity contribution in [2.75, 3.05) is 18.4 Å². The Morgan fingerprint density at radius 2 is 1.71 bits per heavy atom. The third-order valence-corrected chi connectivity index (χ3v) is 5.65. The van der Waals surface area contributed by atoms with E-state index in [1.54, 1.807) is 4.52 Å². The molecule has 31 heavy (non-hydrogen) atoms. The van der Waals surface area contributed by atoms with Gasteiger partial charge in [0.1, 0.15) is 11.9 Å². The molecular weight excluding hydrogens is 388 g/mol. The molecular formula is C24H24N6O. The summed E-state index contributed by atoms with van der Waals surface area (Å²) in [5, 5.41) is 16.4. The highest BCUT2D eigenvalue weighted by Gasteiger charge is 2.31. The van der Waals surface area contributed by atoms with E-state index in [1.165, 1.54) is 5.56 Å². The summed E-state index contributed by atoms with van der Waals surface area (Å²) < 4.78 is 1.72. The lowest BCUT2D eigenvalue weighted by molar-refractivity contribution is -0.128. The number of anilines is 1. The molecule has 4 aromatic rings. The highest BCUT2D eigenvalue weighted by molar-refractivity contribution is 5.86. The van der Waals surface area contributed by atoms with Crippen LogP contribution in [0.3, 0.4) is 0 Å². The smallest absolute Gasteiger partial charge is 0.245 e. The summed E-state index contributed by atoms with van der Waals surface area (Å²) in [5.41, 5.74) is 2.93. The summed E-state index contributed by atoms with van der Waals surface area (Å²) in [6, 6.07) is 23.7. The molecule has 1 aliphatic heterocycles. The molecule has 1 saturated heterocycles. The SMILES string of the molecule is O=C1C(Nc2ccc3nnc(-c4ccccc4)n3n2)CCN1CCCc1ccccc1. The fourth-order valence-corrected chi connectivity index (χ4v) is 4.03. The summed E-state index contributed by atoms with van der Waals surface area (Å²) >= 11 is 0. The molecule has 2 aromatic heterocycles. The molecule has 3 heterocycles. The number of carbonyl (C=O) groups excluding carboxylic acids is 1. The van der Waals surface area contributed by atoms with Crippen LogP contribution in [0.25, 0.3) is 17.0 Å². The lowest BCUT2D eigenvalue weighted by Gasteiger charge is -2.17. The second-order valence-corrected chi connectivity index (χ2v) is 7.78. The molecule has 7 heteroatoms. The zero-order valence-electron chi connectivity index (χ0n) is 17.2. The normalized spacial score (nSPS) is 16.2. The van der Waals surface area contributed by atoms with E-state index >= 15 is 0 Å². The van der Waals surface area contributed by atoms with E-state index in [0.29, 0.717) is 17.3 Å². The lowest BCUT2D eigenvalue weighted by Crippen LogP contribution is -2.34. The first kappa shape index (κ1) is 19.2. The second kappa shape index (κ2) is 8.55. The highest BCUT2D eigenvalue weighted by atomic mass is 16.2. The van der Waals surface area contributed by atoms with Crippen molar-refractivity contribution in [3.8, 4) is 11.4 Å². The molecule has 2 aromatic carbocycles. The zero-order chi connectivity index (χ0) is 21.0. The van der Waals surface area contributed by atoms with Crippen molar-refractivity contribution in [2.24, 2.45) is 0 Å². The number of likely N-dealkylation sites (tertiary alicyclic amines) is 1. The maximum absolute atomic E-state index is 12.9. The van der Waals surface area contributed by atoms with Crippen LogP contribution in [0.4, 0.5) is 5.82 Å². The van der Waals surface area contributed by atoms with Crippen LogP contribution in [0.15, 0.2) is 72.8 Å². The topological polar surface area (TPSA) is 75.4 Å². The van der Waals surface area contributed by atoms with E-state index in [9.17, 15) is 4.79 Å². The van der Waals surface area contributed by atoms with Gasteiger partial charge in [0, 0.05) is 18.7 Å². The van der Waals surface area contributed by atoms with Crippen LogP contribution in [-0.4, -0.2) is 49.7 Å². The first-order chi connectivity index (χ1) is 15.3. The molecule has 156 valence electrons. The van der Waals surface area contributed by atoms with Crippen molar-refractivity contribution >= 4 is 17.4 Å². The van der Waals surface area contributed by atoms with Crippen LogP contribution in [0.5, 0.6) is 0 Å². The van der Waals surface area contributed by atoms with Crippen LogP contribution in [-0.2, 0) is 11.2 Å². The van der Waals surface area contributed by atoms with Crippen molar-refractivity contribution in [3.05, 3.63) is 78.4 Å². The average molecular weight is 412 g/mol. The summed E-state index contributed by atoms with van der Waals surface area (Å²) in [5.74, 6) is 1.47. The number of hydrogen-bond donors (Lipinski definition) is 1. The Hall–Kier alpha value is -3.74. The molecule has 1 unspecified atom stereocenters. The summed E-state index contributed by atoms with van der Waals surface area (Å²) in [7, 11) is 0. The molecule has 0 bridgehead atoms. The van der Waals surface area contributed by atoms with Gasteiger partial charge in [0.2, 0.25) is 5.91 Å². The number of nitrogens with one attached hydrogen (secondary N) is 1. The van der Waals surface area contributed by atoms with Gasteiger partial charge in [-0.15, -0.1) is 15.3 Å². The quantitative estimate of drug-likeness (QED) is 0.503. The molecule has 1 fully saturated rings. The molecule has 5 rings (SSSR count). The second-order valence-electron chi connectivity index (χ2n) is 7.78. The maximum atomic E-state index is 12.9. The lowest BCUT2D eigenvalue weighted by atomic mass is 10.1. The zero-order valence-corrected chi connectivity index (χ0v) is 17.2. The number of carbonyl (C=O) groups is 1. The average Bonchev–Trinajstić information content (AvgIpc) is 3.39. The number of benzene rings is 2.